The second kappa shape index (κ2) is 3.03. The molecule has 1 aromatic rings. The number of rotatable bonds is 1. The molecule has 2 aliphatic carbocycles. The molecular weight excluding hydrogens is 254 g/mol. The summed E-state index contributed by atoms with van der Waals surface area (Å²) in [5.41, 5.74) is 2.97. The molecule has 1 saturated carbocycles. The van der Waals surface area contributed by atoms with Gasteiger partial charge in [-0.05, 0) is 36.5 Å². The molecule has 1 spiro atoms. The van der Waals surface area contributed by atoms with Crippen LogP contribution < -0.4 is 0 Å². The van der Waals surface area contributed by atoms with Crippen LogP contribution in [0.4, 0.5) is 0 Å². The third-order valence-corrected chi connectivity index (χ3v) is 4.46. The Morgan fingerprint density at radius 2 is 2.40 bits per heavy atom. The van der Waals surface area contributed by atoms with E-state index in [9.17, 15) is 4.79 Å². The highest BCUT2D eigenvalue weighted by atomic mass is 79.9. The number of nitrogens with zero attached hydrogens (tertiary/aromatic N) is 1. The van der Waals surface area contributed by atoms with Crippen molar-refractivity contribution in [2.75, 3.05) is 0 Å². The van der Waals surface area contributed by atoms with Crippen LogP contribution in [0.3, 0.4) is 0 Å². The van der Waals surface area contributed by atoms with Gasteiger partial charge in [0.25, 0.3) is 0 Å². The minimum Gasteiger partial charge on any atom is -0.211 e. The first-order valence-electron chi connectivity index (χ1n) is 5.13. The largest absolute Gasteiger partial charge is 0.235 e. The van der Waals surface area contributed by atoms with E-state index in [0.717, 1.165) is 19.3 Å². The SMILES string of the molecule is O=C=NC1CC12CCc1c(Br)cccc12. The van der Waals surface area contributed by atoms with E-state index in [1.165, 1.54) is 15.6 Å². The fraction of sp³-hybridized carbons (Fsp3) is 0.417. The maximum absolute atomic E-state index is 10.3. The van der Waals surface area contributed by atoms with Crippen LogP contribution in [0, 0.1) is 0 Å². The summed E-state index contributed by atoms with van der Waals surface area (Å²) >= 11 is 3.58. The topological polar surface area (TPSA) is 29.4 Å². The molecule has 15 heavy (non-hydrogen) atoms. The summed E-state index contributed by atoms with van der Waals surface area (Å²) in [5, 5.41) is 0. The fourth-order valence-electron chi connectivity index (χ4n) is 2.84. The standard InChI is InChI=1S/C12H10BrNO/c13-10-3-1-2-9-8(10)4-5-12(9)6-11(12)14-7-15/h1-3,11H,4-6H2. The van der Waals surface area contributed by atoms with Gasteiger partial charge in [0.15, 0.2) is 0 Å². The summed E-state index contributed by atoms with van der Waals surface area (Å²) in [7, 11) is 0. The summed E-state index contributed by atoms with van der Waals surface area (Å²) in [6.07, 6.45) is 4.93. The van der Waals surface area contributed by atoms with Crippen LogP contribution in [0.25, 0.3) is 0 Å². The molecule has 1 fully saturated rings. The number of aliphatic imine (C=N–C) groups is 1. The van der Waals surface area contributed by atoms with Gasteiger partial charge in [0.05, 0.1) is 6.04 Å². The summed E-state index contributed by atoms with van der Waals surface area (Å²) in [6.45, 7) is 0. The number of carbonyl (C=O) groups excluding carboxylic acids is 1. The van der Waals surface area contributed by atoms with Gasteiger partial charge in [-0.2, -0.15) is 0 Å². The molecule has 76 valence electrons. The molecule has 1 aromatic carbocycles. The Kier molecular flexibility index (Phi) is 1.88. The third-order valence-electron chi connectivity index (χ3n) is 3.72. The Balaban J connectivity index is 2.07. The van der Waals surface area contributed by atoms with Gasteiger partial charge in [-0.1, -0.05) is 28.1 Å². The van der Waals surface area contributed by atoms with Gasteiger partial charge in [0.2, 0.25) is 6.08 Å². The maximum atomic E-state index is 10.3. The quantitative estimate of drug-likeness (QED) is 0.566. The lowest BCUT2D eigenvalue weighted by Crippen LogP contribution is -2.06. The summed E-state index contributed by atoms with van der Waals surface area (Å²) < 4.78 is 1.19. The summed E-state index contributed by atoms with van der Waals surface area (Å²) in [5.74, 6) is 0. The van der Waals surface area contributed by atoms with E-state index in [1.807, 2.05) is 0 Å². The van der Waals surface area contributed by atoms with Gasteiger partial charge in [-0.3, -0.25) is 0 Å². The molecule has 0 aromatic heterocycles. The smallest absolute Gasteiger partial charge is 0.211 e. The highest BCUT2D eigenvalue weighted by Gasteiger charge is 2.58. The second-order valence-corrected chi connectivity index (χ2v) is 5.22. The molecule has 2 aliphatic rings. The molecular formula is C12H10BrNO. The lowest BCUT2D eigenvalue weighted by molar-refractivity contribution is 0.559. The molecule has 3 rings (SSSR count). The molecule has 2 unspecified atom stereocenters. The van der Waals surface area contributed by atoms with Crippen molar-refractivity contribution in [3.63, 3.8) is 0 Å². The molecule has 0 bridgehead atoms. The van der Waals surface area contributed by atoms with Gasteiger partial charge in [0.1, 0.15) is 0 Å². The van der Waals surface area contributed by atoms with Gasteiger partial charge in [-0.25, -0.2) is 9.79 Å². The number of isocyanates is 1. The highest BCUT2D eigenvalue weighted by Crippen LogP contribution is 2.59. The zero-order chi connectivity index (χ0) is 10.5. The highest BCUT2D eigenvalue weighted by molar-refractivity contribution is 9.10. The van der Waals surface area contributed by atoms with E-state index in [-0.39, 0.29) is 11.5 Å². The van der Waals surface area contributed by atoms with Gasteiger partial charge >= 0.3 is 0 Å². The van der Waals surface area contributed by atoms with Gasteiger partial charge < -0.3 is 0 Å². The first kappa shape index (κ1) is 9.32. The predicted octanol–water partition coefficient (Wildman–Crippen LogP) is 2.74. The first-order chi connectivity index (χ1) is 7.28. The first-order valence-corrected chi connectivity index (χ1v) is 5.92. The lowest BCUT2D eigenvalue weighted by Gasteiger charge is -2.08. The zero-order valence-electron chi connectivity index (χ0n) is 8.16. The number of benzene rings is 1. The normalized spacial score (nSPS) is 31.1. The minimum atomic E-state index is 0.177. The minimum absolute atomic E-state index is 0.177. The van der Waals surface area contributed by atoms with Gasteiger partial charge in [-0.15, -0.1) is 0 Å². The Morgan fingerprint density at radius 3 is 3.20 bits per heavy atom. The van der Waals surface area contributed by atoms with Crippen LogP contribution in [0.5, 0.6) is 0 Å². The monoisotopic (exact) mass is 263 g/mol. The molecule has 2 atom stereocenters. The lowest BCUT2D eigenvalue weighted by atomic mass is 9.98. The molecule has 0 aliphatic heterocycles. The summed E-state index contributed by atoms with van der Waals surface area (Å²) in [6, 6.07) is 6.51. The average Bonchev–Trinajstić information content (AvgIpc) is 2.77. The third kappa shape index (κ3) is 1.17. The van der Waals surface area contributed by atoms with E-state index in [4.69, 9.17) is 0 Å². The predicted molar refractivity (Wildman–Crippen MR) is 60.7 cm³/mol. The molecule has 0 amide bonds. The van der Waals surface area contributed by atoms with Crippen LogP contribution in [0.15, 0.2) is 27.7 Å². The number of hydrogen-bond donors (Lipinski definition) is 0. The molecule has 0 radical (unpaired) electrons. The van der Waals surface area contributed by atoms with E-state index in [1.54, 1.807) is 6.08 Å². The van der Waals surface area contributed by atoms with Crippen LogP contribution in [0.1, 0.15) is 24.0 Å². The Morgan fingerprint density at radius 1 is 1.53 bits per heavy atom. The van der Waals surface area contributed by atoms with E-state index >= 15 is 0 Å². The average molecular weight is 264 g/mol. The zero-order valence-corrected chi connectivity index (χ0v) is 9.75. The van der Waals surface area contributed by atoms with Crippen molar-refractivity contribution in [2.45, 2.75) is 30.7 Å². The van der Waals surface area contributed by atoms with E-state index in [0.29, 0.717) is 0 Å². The van der Waals surface area contributed by atoms with Crippen molar-refractivity contribution in [3.05, 3.63) is 33.8 Å². The second-order valence-electron chi connectivity index (χ2n) is 4.36. The van der Waals surface area contributed by atoms with E-state index < -0.39 is 0 Å². The van der Waals surface area contributed by atoms with Crippen molar-refractivity contribution in [3.8, 4) is 0 Å². The van der Waals surface area contributed by atoms with Crippen molar-refractivity contribution in [1.29, 1.82) is 0 Å². The molecule has 0 N–H and O–H groups in total. The van der Waals surface area contributed by atoms with Crippen LogP contribution in [-0.4, -0.2) is 12.1 Å². The Labute approximate surface area is 96.5 Å². The number of halogens is 1. The summed E-state index contributed by atoms with van der Waals surface area (Å²) in [4.78, 5) is 14.2. The van der Waals surface area contributed by atoms with Crippen molar-refractivity contribution < 1.29 is 4.79 Å². The maximum Gasteiger partial charge on any atom is 0.235 e. The number of hydrogen-bond acceptors (Lipinski definition) is 2. The molecule has 0 heterocycles. The van der Waals surface area contributed by atoms with Crippen LogP contribution >= 0.6 is 15.9 Å². The van der Waals surface area contributed by atoms with Crippen LogP contribution in [0.2, 0.25) is 0 Å². The Hall–Kier alpha value is -0.920. The number of fused-ring (bicyclic) bond motifs is 2. The van der Waals surface area contributed by atoms with E-state index in [2.05, 4.69) is 39.1 Å². The van der Waals surface area contributed by atoms with Crippen molar-refractivity contribution >= 4 is 22.0 Å². The fourth-order valence-corrected chi connectivity index (χ4v) is 3.40. The Bertz CT molecular complexity index is 479. The van der Waals surface area contributed by atoms with Gasteiger partial charge in [0, 0.05) is 9.89 Å². The van der Waals surface area contributed by atoms with Crippen LogP contribution in [-0.2, 0) is 16.6 Å². The molecule has 3 heteroatoms. The van der Waals surface area contributed by atoms with Crippen molar-refractivity contribution in [1.82, 2.24) is 0 Å². The van der Waals surface area contributed by atoms with Crippen molar-refractivity contribution in [2.24, 2.45) is 4.99 Å². The molecule has 0 saturated heterocycles. The molecule has 2 nitrogen and oxygen atoms in total.